The van der Waals surface area contributed by atoms with Crippen LogP contribution in [0.25, 0.3) is 0 Å². The molecule has 0 aliphatic carbocycles. The van der Waals surface area contributed by atoms with Crippen LogP contribution in [0.3, 0.4) is 0 Å². The number of methoxy groups -OCH3 is 1. The van der Waals surface area contributed by atoms with Crippen LogP contribution in [-0.2, 0) is 11.3 Å². The fourth-order valence-electron chi connectivity index (χ4n) is 1.15. The summed E-state index contributed by atoms with van der Waals surface area (Å²) in [5.41, 5.74) is 7.19. The first kappa shape index (κ1) is 12.1. The molecule has 0 unspecified atom stereocenters. The highest BCUT2D eigenvalue weighted by Gasteiger charge is 2.03. The molecule has 4 heteroatoms. The van der Waals surface area contributed by atoms with Gasteiger partial charge in [-0.15, -0.1) is 11.8 Å². The second-order valence-electron chi connectivity index (χ2n) is 2.99. The number of benzene rings is 1. The fraction of sp³-hybridized carbons (Fsp3) is 0.364. The number of rotatable bonds is 5. The van der Waals surface area contributed by atoms with Crippen LogP contribution in [0.15, 0.2) is 23.1 Å². The van der Waals surface area contributed by atoms with Gasteiger partial charge in [-0.1, -0.05) is 6.07 Å². The van der Waals surface area contributed by atoms with E-state index in [0.29, 0.717) is 18.7 Å². The molecule has 0 spiro atoms. The summed E-state index contributed by atoms with van der Waals surface area (Å²) in [7, 11) is 1.67. The molecule has 1 aromatic rings. The Balaban J connectivity index is 2.75. The molecule has 1 aromatic carbocycles. The Hall–Kier alpha value is -1.02. The van der Waals surface area contributed by atoms with Crippen molar-refractivity contribution in [1.29, 1.82) is 5.26 Å². The van der Waals surface area contributed by atoms with Gasteiger partial charge < -0.3 is 10.5 Å². The maximum Gasteiger partial charge on any atom is 0.100 e. The minimum absolute atomic E-state index is 0.470. The molecule has 3 nitrogen and oxygen atoms in total. The standard InChI is InChI=1S/C11H14N2OS/c1-14-4-5-15-11-3-2-9(7-12)6-10(11)8-13/h2-3,6H,4-5,7,12H2,1H3. The third-order valence-corrected chi connectivity index (χ3v) is 2.98. The maximum absolute atomic E-state index is 8.96. The van der Waals surface area contributed by atoms with Crippen molar-refractivity contribution in [3.8, 4) is 6.07 Å². The monoisotopic (exact) mass is 222 g/mol. The molecule has 0 aliphatic rings. The topological polar surface area (TPSA) is 59.0 Å². The van der Waals surface area contributed by atoms with Crippen LogP contribution >= 0.6 is 11.8 Å². The van der Waals surface area contributed by atoms with Crippen molar-refractivity contribution < 1.29 is 4.74 Å². The number of nitrogens with zero attached hydrogens (tertiary/aromatic N) is 1. The number of hydrogen-bond acceptors (Lipinski definition) is 4. The Kier molecular flexibility index (Phi) is 5.19. The van der Waals surface area contributed by atoms with E-state index in [9.17, 15) is 0 Å². The zero-order valence-corrected chi connectivity index (χ0v) is 9.51. The predicted molar refractivity (Wildman–Crippen MR) is 61.6 cm³/mol. The Labute approximate surface area is 94.2 Å². The van der Waals surface area contributed by atoms with Gasteiger partial charge in [0.1, 0.15) is 6.07 Å². The minimum Gasteiger partial charge on any atom is -0.384 e. The first-order chi connectivity index (χ1) is 7.31. The van der Waals surface area contributed by atoms with Crippen LogP contribution in [0.1, 0.15) is 11.1 Å². The lowest BCUT2D eigenvalue weighted by Crippen LogP contribution is -1.98. The van der Waals surface area contributed by atoms with Crippen LogP contribution in [-0.4, -0.2) is 19.5 Å². The van der Waals surface area contributed by atoms with Gasteiger partial charge >= 0.3 is 0 Å². The van der Waals surface area contributed by atoms with Gasteiger partial charge in [-0.05, 0) is 17.7 Å². The normalized spacial score (nSPS) is 9.93. The minimum atomic E-state index is 0.470. The van der Waals surface area contributed by atoms with Crippen molar-refractivity contribution in [1.82, 2.24) is 0 Å². The molecule has 80 valence electrons. The summed E-state index contributed by atoms with van der Waals surface area (Å²) >= 11 is 1.63. The zero-order chi connectivity index (χ0) is 11.1. The fourth-order valence-corrected chi connectivity index (χ4v) is 2.05. The number of hydrogen-bond donors (Lipinski definition) is 1. The third kappa shape index (κ3) is 3.56. The largest absolute Gasteiger partial charge is 0.384 e. The van der Waals surface area contributed by atoms with E-state index in [1.807, 2.05) is 18.2 Å². The van der Waals surface area contributed by atoms with Crippen molar-refractivity contribution in [2.45, 2.75) is 11.4 Å². The molecule has 2 N–H and O–H groups in total. The highest BCUT2D eigenvalue weighted by atomic mass is 32.2. The summed E-state index contributed by atoms with van der Waals surface area (Å²) < 4.78 is 4.96. The van der Waals surface area contributed by atoms with Gasteiger partial charge in [0.2, 0.25) is 0 Å². The molecular formula is C11H14N2OS. The molecule has 1 rings (SSSR count). The summed E-state index contributed by atoms with van der Waals surface area (Å²) in [6.07, 6.45) is 0. The molecule has 0 fully saturated rings. The molecule has 0 aromatic heterocycles. The second kappa shape index (κ2) is 6.46. The molecule has 0 saturated heterocycles. The van der Waals surface area contributed by atoms with Crippen molar-refractivity contribution in [3.05, 3.63) is 29.3 Å². The van der Waals surface area contributed by atoms with Crippen LogP contribution in [0, 0.1) is 11.3 Å². The van der Waals surface area contributed by atoms with Crippen LogP contribution in [0.4, 0.5) is 0 Å². The lowest BCUT2D eigenvalue weighted by Gasteiger charge is -2.05. The number of nitrogens with two attached hydrogens (primary N) is 1. The molecule has 0 atom stereocenters. The summed E-state index contributed by atoms with van der Waals surface area (Å²) in [6, 6.07) is 7.92. The van der Waals surface area contributed by atoms with Crippen molar-refractivity contribution in [2.75, 3.05) is 19.5 Å². The van der Waals surface area contributed by atoms with E-state index in [1.165, 1.54) is 0 Å². The smallest absolute Gasteiger partial charge is 0.100 e. The zero-order valence-electron chi connectivity index (χ0n) is 8.69. The lowest BCUT2D eigenvalue weighted by atomic mass is 10.1. The van der Waals surface area contributed by atoms with Crippen LogP contribution in [0.2, 0.25) is 0 Å². The van der Waals surface area contributed by atoms with Crippen molar-refractivity contribution >= 4 is 11.8 Å². The summed E-state index contributed by atoms with van der Waals surface area (Å²) in [4.78, 5) is 0.992. The van der Waals surface area contributed by atoms with Crippen molar-refractivity contribution in [2.24, 2.45) is 5.73 Å². The Morgan fingerprint density at radius 3 is 2.93 bits per heavy atom. The Bertz CT molecular complexity index is 360. The first-order valence-corrected chi connectivity index (χ1v) is 5.65. The second-order valence-corrected chi connectivity index (χ2v) is 4.12. The molecule has 15 heavy (non-hydrogen) atoms. The highest BCUT2D eigenvalue weighted by Crippen LogP contribution is 2.23. The molecule has 0 saturated carbocycles. The van der Waals surface area contributed by atoms with E-state index in [0.717, 1.165) is 16.2 Å². The molecule has 0 amide bonds. The average molecular weight is 222 g/mol. The quantitative estimate of drug-likeness (QED) is 0.609. The van der Waals surface area contributed by atoms with E-state index in [1.54, 1.807) is 18.9 Å². The number of nitriles is 1. The van der Waals surface area contributed by atoms with Gasteiger partial charge in [-0.3, -0.25) is 0 Å². The lowest BCUT2D eigenvalue weighted by molar-refractivity contribution is 0.218. The molecule has 0 radical (unpaired) electrons. The van der Waals surface area contributed by atoms with E-state index < -0.39 is 0 Å². The molecule has 0 heterocycles. The molecule has 0 aliphatic heterocycles. The average Bonchev–Trinajstić information content (AvgIpc) is 2.29. The van der Waals surface area contributed by atoms with E-state index in [4.69, 9.17) is 15.7 Å². The number of ether oxygens (including phenoxy) is 1. The van der Waals surface area contributed by atoms with Gasteiger partial charge in [0.25, 0.3) is 0 Å². The number of thioether (sulfide) groups is 1. The van der Waals surface area contributed by atoms with Gasteiger partial charge in [0.15, 0.2) is 0 Å². The van der Waals surface area contributed by atoms with E-state index >= 15 is 0 Å². The highest BCUT2D eigenvalue weighted by molar-refractivity contribution is 7.99. The van der Waals surface area contributed by atoms with Crippen LogP contribution in [0.5, 0.6) is 0 Å². The van der Waals surface area contributed by atoms with Gasteiger partial charge in [0.05, 0.1) is 12.2 Å². The summed E-state index contributed by atoms with van der Waals surface area (Å²) in [5.74, 6) is 0.854. The Morgan fingerprint density at radius 1 is 1.53 bits per heavy atom. The summed E-state index contributed by atoms with van der Waals surface area (Å²) in [5, 5.41) is 8.96. The maximum atomic E-state index is 8.96. The summed E-state index contributed by atoms with van der Waals surface area (Å²) in [6.45, 7) is 1.16. The Morgan fingerprint density at radius 2 is 2.33 bits per heavy atom. The third-order valence-electron chi connectivity index (χ3n) is 1.95. The van der Waals surface area contributed by atoms with Gasteiger partial charge in [0, 0.05) is 24.3 Å². The molecular weight excluding hydrogens is 208 g/mol. The van der Waals surface area contributed by atoms with E-state index in [-0.39, 0.29) is 0 Å². The molecule has 0 bridgehead atoms. The van der Waals surface area contributed by atoms with Gasteiger partial charge in [-0.25, -0.2) is 0 Å². The van der Waals surface area contributed by atoms with Crippen LogP contribution < -0.4 is 5.73 Å². The van der Waals surface area contributed by atoms with Gasteiger partial charge in [-0.2, -0.15) is 5.26 Å². The first-order valence-electron chi connectivity index (χ1n) is 4.66. The van der Waals surface area contributed by atoms with Crippen molar-refractivity contribution in [3.63, 3.8) is 0 Å². The SMILES string of the molecule is COCCSc1ccc(CN)cc1C#N. The predicted octanol–water partition coefficient (Wildman–Crippen LogP) is 1.76. The van der Waals surface area contributed by atoms with E-state index in [2.05, 4.69) is 6.07 Å².